The third-order valence-electron chi connectivity index (χ3n) is 4.31. The number of nitrogens with zero attached hydrogens (tertiary/aromatic N) is 3. The molecule has 1 aliphatic rings. The third-order valence-corrected chi connectivity index (χ3v) is 6.06. The molecule has 1 aromatic heterocycles. The van der Waals surface area contributed by atoms with E-state index in [0.717, 1.165) is 18.4 Å². The fourth-order valence-electron chi connectivity index (χ4n) is 3.12. The van der Waals surface area contributed by atoms with Gasteiger partial charge in [0.1, 0.15) is 0 Å². The molecule has 0 bridgehead atoms. The Bertz CT molecular complexity index is 860. The van der Waals surface area contributed by atoms with Crippen LogP contribution in [0.25, 0.3) is 10.8 Å². The highest BCUT2D eigenvalue weighted by molar-refractivity contribution is 7.91. The van der Waals surface area contributed by atoms with Crippen LogP contribution in [0.3, 0.4) is 0 Å². The average Bonchev–Trinajstić information content (AvgIpc) is 2.89. The maximum atomic E-state index is 12.6. The summed E-state index contributed by atoms with van der Waals surface area (Å²) < 4.78 is 24.9. The van der Waals surface area contributed by atoms with Gasteiger partial charge in [0, 0.05) is 11.4 Å². The molecule has 1 saturated heterocycles. The maximum Gasteiger partial charge on any atom is 0.275 e. The van der Waals surface area contributed by atoms with E-state index in [0.29, 0.717) is 18.5 Å². The minimum Gasteiger partial charge on any atom is -0.280 e. The van der Waals surface area contributed by atoms with Gasteiger partial charge in [-0.3, -0.25) is 9.69 Å². The summed E-state index contributed by atoms with van der Waals surface area (Å²) in [7, 11) is -2.95. The van der Waals surface area contributed by atoms with E-state index in [1.807, 2.05) is 25.1 Å². The molecule has 124 valence electrons. The summed E-state index contributed by atoms with van der Waals surface area (Å²) in [6, 6.07) is 7.34. The predicted octanol–water partition coefficient (Wildman–Crippen LogP) is 1.25. The fraction of sp³-hybridized carbons (Fsp3) is 0.500. The van der Waals surface area contributed by atoms with E-state index in [4.69, 9.17) is 0 Å². The van der Waals surface area contributed by atoms with E-state index in [2.05, 4.69) is 10.00 Å². The Morgan fingerprint density at radius 3 is 2.83 bits per heavy atom. The maximum absolute atomic E-state index is 12.6. The first kappa shape index (κ1) is 16.1. The topological polar surface area (TPSA) is 72.3 Å². The Morgan fingerprint density at radius 2 is 2.13 bits per heavy atom. The predicted molar refractivity (Wildman–Crippen MR) is 90.1 cm³/mol. The van der Waals surface area contributed by atoms with Crippen molar-refractivity contribution >= 4 is 20.6 Å². The van der Waals surface area contributed by atoms with Crippen LogP contribution in [0.15, 0.2) is 35.3 Å². The standard InChI is InChI=1S/C16H21N3O3S/c1-2-8-18(14-7-9-23(21,22)11-14)12-19-16(20)15-6-4-3-5-13(15)10-17-19/h3-6,10,14H,2,7-9,11-12H2,1H3/t14-/m0/s1. The normalized spacial score (nSPS) is 20.3. The van der Waals surface area contributed by atoms with Crippen LogP contribution in [0, 0.1) is 0 Å². The highest BCUT2D eigenvalue weighted by Crippen LogP contribution is 2.18. The number of sulfone groups is 1. The quantitative estimate of drug-likeness (QED) is 0.822. The van der Waals surface area contributed by atoms with Gasteiger partial charge in [0.25, 0.3) is 5.56 Å². The molecule has 1 aliphatic heterocycles. The molecule has 2 aromatic rings. The molecule has 23 heavy (non-hydrogen) atoms. The van der Waals surface area contributed by atoms with E-state index in [9.17, 15) is 13.2 Å². The van der Waals surface area contributed by atoms with E-state index >= 15 is 0 Å². The van der Waals surface area contributed by atoms with E-state index in [-0.39, 0.29) is 23.1 Å². The molecule has 1 atom stereocenters. The molecule has 2 heterocycles. The van der Waals surface area contributed by atoms with Crippen molar-refractivity contribution in [3.05, 3.63) is 40.8 Å². The molecule has 0 radical (unpaired) electrons. The fourth-order valence-corrected chi connectivity index (χ4v) is 4.88. The van der Waals surface area contributed by atoms with Crippen molar-refractivity contribution in [3.8, 4) is 0 Å². The zero-order valence-electron chi connectivity index (χ0n) is 13.2. The van der Waals surface area contributed by atoms with Crippen molar-refractivity contribution in [1.82, 2.24) is 14.7 Å². The molecular weight excluding hydrogens is 314 g/mol. The second-order valence-electron chi connectivity index (χ2n) is 6.05. The van der Waals surface area contributed by atoms with E-state index < -0.39 is 9.84 Å². The molecular formula is C16H21N3O3S. The van der Waals surface area contributed by atoms with Crippen LogP contribution in [0.1, 0.15) is 19.8 Å². The minimum absolute atomic E-state index is 0.0277. The van der Waals surface area contributed by atoms with Crippen LogP contribution >= 0.6 is 0 Å². The SMILES string of the molecule is CCCN(Cn1ncc2ccccc2c1=O)[C@H]1CCS(=O)(=O)C1. The first-order valence-electron chi connectivity index (χ1n) is 7.89. The lowest BCUT2D eigenvalue weighted by Crippen LogP contribution is -2.41. The van der Waals surface area contributed by atoms with Crippen LogP contribution in [-0.4, -0.2) is 47.2 Å². The van der Waals surface area contributed by atoms with Crippen LogP contribution < -0.4 is 5.56 Å². The van der Waals surface area contributed by atoms with E-state index in [1.165, 1.54) is 4.68 Å². The molecule has 0 aliphatic carbocycles. The average molecular weight is 335 g/mol. The molecule has 0 amide bonds. The number of benzene rings is 1. The molecule has 0 saturated carbocycles. The van der Waals surface area contributed by atoms with Crippen LogP contribution in [-0.2, 0) is 16.5 Å². The van der Waals surface area contributed by atoms with Gasteiger partial charge in [-0.05, 0) is 25.5 Å². The summed E-state index contributed by atoms with van der Waals surface area (Å²) in [6.45, 7) is 3.13. The number of hydrogen-bond donors (Lipinski definition) is 0. The third kappa shape index (κ3) is 3.45. The van der Waals surface area contributed by atoms with Crippen LogP contribution in [0.4, 0.5) is 0 Å². The van der Waals surface area contributed by atoms with Crippen molar-refractivity contribution in [3.63, 3.8) is 0 Å². The number of aromatic nitrogens is 2. The van der Waals surface area contributed by atoms with Crippen LogP contribution in [0.2, 0.25) is 0 Å². The Morgan fingerprint density at radius 1 is 1.35 bits per heavy atom. The second kappa shape index (κ2) is 6.41. The van der Waals surface area contributed by atoms with Crippen molar-refractivity contribution in [2.24, 2.45) is 0 Å². The smallest absolute Gasteiger partial charge is 0.275 e. The Balaban J connectivity index is 1.89. The zero-order chi connectivity index (χ0) is 16.4. The summed E-state index contributed by atoms with van der Waals surface area (Å²) in [5.74, 6) is 0.410. The number of fused-ring (bicyclic) bond motifs is 1. The lowest BCUT2D eigenvalue weighted by Gasteiger charge is -2.27. The van der Waals surface area contributed by atoms with Crippen molar-refractivity contribution in [1.29, 1.82) is 0 Å². The highest BCUT2D eigenvalue weighted by atomic mass is 32.2. The summed E-state index contributed by atoms with van der Waals surface area (Å²) in [4.78, 5) is 14.6. The molecule has 6 nitrogen and oxygen atoms in total. The highest BCUT2D eigenvalue weighted by Gasteiger charge is 2.32. The summed E-state index contributed by atoms with van der Waals surface area (Å²) >= 11 is 0. The first-order chi connectivity index (χ1) is 11.0. The lowest BCUT2D eigenvalue weighted by molar-refractivity contribution is 0.153. The van der Waals surface area contributed by atoms with Gasteiger partial charge in [-0.15, -0.1) is 0 Å². The summed E-state index contributed by atoms with van der Waals surface area (Å²) in [5, 5.41) is 5.71. The minimum atomic E-state index is -2.95. The van der Waals surface area contributed by atoms with Gasteiger partial charge in [-0.1, -0.05) is 25.1 Å². The van der Waals surface area contributed by atoms with Gasteiger partial charge in [-0.2, -0.15) is 5.10 Å². The van der Waals surface area contributed by atoms with Gasteiger partial charge in [0.15, 0.2) is 9.84 Å². The Labute approximate surface area is 135 Å². The summed E-state index contributed by atoms with van der Waals surface area (Å²) in [6.07, 6.45) is 3.22. The first-order valence-corrected chi connectivity index (χ1v) is 9.71. The monoisotopic (exact) mass is 335 g/mol. The summed E-state index contributed by atoms with van der Waals surface area (Å²) in [5.41, 5.74) is -0.134. The lowest BCUT2D eigenvalue weighted by atomic mass is 10.2. The largest absolute Gasteiger partial charge is 0.280 e. The second-order valence-corrected chi connectivity index (χ2v) is 8.28. The molecule has 1 aromatic carbocycles. The molecule has 7 heteroatoms. The Kier molecular flexibility index (Phi) is 4.50. The van der Waals surface area contributed by atoms with Gasteiger partial charge >= 0.3 is 0 Å². The number of hydrogen-bond acceptors (Lipinski definition) is 5. The molecule has 0 N–H and O–H groups in total. The van der Waals surface area contributed by atoms with Crippen molar-refractivity contribution in [2.45, 2.75) is 32.5 Å². The number of rotatable bonds is 5. The molecule has 0 unspecified atom stereocenters. The van der Waals surface area contributed by atoms with Crippen molar-refractivity contribution in [2.75, 3.05) is 18.1 Å². The van der Waals surface area contributed by atoms with E-state index in [1.54, 1.807) is 12.3 Å². The Hall–Kier alpha value is -1.73. The van der Waals surface area contributed by atoms with Gasteiger partial charge in [0.2, 0.25) is 0 Å². The van der Waals surface area contributed by atoms with Crippen molar-refractivity contribution < 1.29 is 8.42 Å². The van der Waals surface area contributed by atoms with Crippen LogP contribution in [0.5, 0.6) is 0 Å². The zero-order valence-corrected chi connectivity index (χ0v) is 14.0. The molecule has 1 fully saturated rings. The van der Waals surface area contributed by atoms with Gasteiger partial charge in [0.05, 0.1) is 29.8 Å². The molecule has 0 spiro atoms. The van der Waals surface area contributed by atoms with Gasteiger partial charge in [-0.25, -0.2) is 13.1 Å². The molecule has 3 rings (SSSR count). The van der Waals surface area contributed by atoms with Gasteiger partial charge < -0.3 is 0 Å².